The van der Waals surface area contributed by atoms with Gasteiger partial charge in [0.15, 0.2) is 0 Å². The van der Waals surface area contributed by atoms with Gasteiger partial charge in [-0.05, 0) is 31.0 Å². The molecule has 1 aliphatic rings. The molecule has 2 rings (SSSR count). The molecule has 0 saturated carbocycles. The number of nitrogens with zero attached hydrogens (tertiary/aromatic N) is 1. The molecule has 1 amide bonds. The SMILES string of the molecule is Cc1ccc(C(=O)N2CCCO2)c(Cl)c1. The van der Waals surface area contributed by atoms with Gasteiger partial charge in [-0.3, -0.25) is 9.63 Å². The van der Waals surface area contributed by atoms with Crippen molar-refractivity contribution in [3.05, 3.63) is 34.3 Å². The highest BCUT2D eigenvalue weighted by molar-refractivity contribution is 6.33. The van der Waals surface area contributed by atoms with Crippen molar-refractivity contribution in [2.75, 3.05) is 13.2 Å². The first-order valence-electron chi connectivity index (χ1n) is 4.89. The van der Waals surface area contributed by atoms with Crippen LogP contribution in [0.5, 0.6) is 0 Å². The van der Waals surface area contributed by atoms with Crippen LogP contribution in [0.25, 0.3) is 0 Å². The summed E-state index contributed by atoms with van der Waals surface area (Å²) in [6, 6.07) is 5.39. The molecule has 0 atom stereocenters. The van der Waals surface area contributed by atoms with E-state index in [1.807, 2.05) is 13.0 Å². The summed E-state index contributed by atoms with van der Waals surface area (Å²) < 4.78 is 0. The Hall–Kier alpha value is -1.06. The van der Waals surface area contributed by atoms with Crippen molar-refractivity contribution >= 4 is 17.5 Å². The summed E-state index contributed by atoms with van der Waals surface area (Å²) in [6.07, 6.45) is 0.884. The molecule has 1 aromatic carbocycles. The van der Waals surface area contributed by atoms with Gasteiger partial charge in [-0.1, -0.05) is 17.7 Å². The zero-order chi connectivity index (χ0) is 10.8. The van der Waals surface area contributed by atoms with Crippen molar-refractivity contribution in [2.24, 2.45) is 0 Å². The Bertz CT molecular complexity index is 386. The van der Waals surface area contributed by atoms with Gasteiger partial charge < -0.3 is 0 Å². The normalized spacial score (nSPS) is 15.7. The molecule has 0 spiro atoms. The second kappa shape index (κ2) is 4.21. The van der Waals surface area contributed by atoms with Crippen LogP contribution in [-0.2, 0) is 4.84 Å². The van der Waals surface area contributed by atoms with Crippen molar-refractivity contribution in [3.8, 4) is 0 Å². The lowest BCUT2D eigenvalue weighted by Crippen LogP contribution is -2.26. The Balaban J connectivity index is 2.24. The van der Waals surface area contributed by atoms with Gasteiger partial charge in [0.2, 0.25) is 0 Å². The average molecular weight is 226 g/mol. The number of halogens is 1. The van der Waals surface area contributed by atoms with Gasteiger partial charge in [0, 0.05) is 0 Å². The van der Waals surface area contributed by atoms with Crippen LogP contribution in [0.15, 0.2) is 18.2 Å². The van der Waals surface area contributed by atoms with Gasteiger partial charge >= 0.3 is 0 Å². The molecule has 15 heavy (non-hydrogen) atoms. The van der Waals surface area contributed by atoms with Crippen LogP contribution >= 0.6 is 11.6 Å². The first-order chi connectivity index (χ1) is 7.18. The molecule has 4 heteroatoms. The molecule has 0 radical (unpaired) electrons. The van der Waals surface area contributed by atoms with E-state index in [0.29, 0.717) is 23.7 Å². The molecule has 0 aromatic heterocycles. The molecular formula is C11H12ClNO2. The smallest absolute Gasteiger partial charge is 0.271 e. The lowest BCUT2D eigenvalue weighted by atomic mass is 10.1. The summed E-state index contributed by atoms with van der Waals surface area (Å²) in [5, 5.41) is 1.85. The maximum absolute atomic E-state index is 11.9. The summed E-state index contributed by atoms with van der Waals surface area (Å²) in [5.41, 5.74) is 1.54. The van der Waals surface area contributed by atoms with E-state index in [1.54, 1.807) is 12.1 Å². The number of hydrogen-bond acceptors (Lipinski definition) is 2. The molecule has 0 unspecified atom stereocenters. The van der Waals surface area contributed by atoms with Crippen molar-refractivity contribution in [1.29, 1.82) is 0 Å². The summed E-state index contributed by atoms with van der Waals surface area (Å²) >= 11 is 6.00. The lowest BCUT2D eigenvalue weighted by Gasteiger charge is -2.14. The molecule has 0 N–H and O–H groups in total. The molecular weight excluding hydrogens is 214 g/mol. The van der Waals surface area contributed by atoms with E-state index in [-0.39, 0.29) is 5.91 Å². The van der Waals surface area contributed by atoms with Gasteiger partial charge in [-0.25, -0.2) is 5.06 Å². The van der Waals surface area contributed by atoms with Crippen LogP contribution in [0, 0.1) is 6.92 Å². The maximum atomic E-state index is 11.9. The standard InChI is InChI=1S/C11H12ClNO2/c1-8-3-4-9(10(12)7-8)11(14)13-5-2-6-15-13/h3-4,7H,2,5-6H2,1H3. The Kier molecular flexibility index (Phi) is 2.93. The molecule has 1 aromatic rings. The Morgan fingerprint density at radius 1 is 1.53 bits per heavy atom. The highest BCUT2D eigenvalue weighted by Crippen LogP contribution is 2.20. The van der Waals surface area contributed by atoms with Crippen LogP contribution in [0.1, 0.15) is 22.3 Å². The van der Waals surface area contributed by atoms with E-state index in [2.05, 4.69) is 0 Å². The van der Waals surface area contributed by atoms with E-state index in [4.69, 9.17) is 16.4 Å². The fourth-order valence-corrected chi connectivity index (χ4v) is 1.85. The Morgan fingerprint density at radius 2 is 2.33 bits per heavy atom. The largest absolute Gasteiger partial charge is 0.278 e. The fourth-order valence-electron chi connectivity index (χ4n) is 1.54. The van der Waals surface area contributed by atoms with Gasteiger partial charge in [0.1, 0.15) is 0 Å². The lowest BCUT2D eigenvalue weighted by molar-refractivity contribution is -0.0768. The summed E-state index contributed by atoms with van der Waals surface area (Å²) in [7, 11) is 0. The number of carbonyl (C=O) groups is 1. The van der Waals surface area contributed by atoms with Crippen molar-refractivity contribution < 1.29 is 9.63 Å². The van der Waals surface area contributed by atoms with Crippen LogP contribution in [0.4, 0.5) is 0 Å². The van der Waals surface area contributed by atoms with E-state index < -0.39 is 0 Å². The predicted octanol–water partition coefficient (Wildman–Crippen LogP) is 2.43. The molecule has 1 aliphatic heterocycles. The Morgan fingerprint density at radius 3 is 2.93 bits per heavy atom. The predicted molar refractivity (Wildman–Crippen MR) is 57.8 cm³/mol. The summed E-state index contributed by atoms with van der Waals surface area (Å²) in [5.74, 6) is -0.155. The maximum Gasteiger partial charge on any atom is 0.278 e. The number of rotatable bonds is 1. The van der Waals surface area contributed by atoms with E-state index in [1.165, 1.54) is 5.06 Å². The number of hydrogen-bond donors (Lipinski definition) is 0. The third-order valence-corrected chi connectivity index (χ3v) is 2.65. The Labute approximate surface area is 93.5 Å². The summed E-state index contributed by atoms with van der Waals surface area (Å²) in [6.45, 7) is 3.19. The van der Waals surface area contributed by atoms with Crippen LogP contribution < -0.4 is 0 Å². The monoisotopic (exact) mass is 225 g/mol. The average Bonchev–Trinajstić information content (AvgIpc) is 2.69. The van der Waals surface area contributed by atoms with Crippen molar-refractivity contribution in [3.63, 3.8) is 0 Å². The highest BCUT2D eigenvalue weighted by atomic mass is 35.5. The van der Waals surface area contributed by atoms with Crippen LogP contribution in [0.3, 0.4) is 0 Å². The first kappa shape index (κ1) is 10.5. The second-order valence-corrected chi connectivity index (χ2v) is 3.98. The van der Waals surface area contributed by atoms with Crippen LogP contribution in [-0.4, -0.2) is 24.1 Å². The van der Waals surface area contributed by atoms with Gasteiger partial charge in [-0.15, -0.1) is 0 Å². The van der Waals surface area contributed by atoms with Crippen molar-refractivity contribution in [2.45, 2.75) is 13.3 Å². The minimum Gasteiger partial charge on any atom is -0.271 e. The zero-order valence-electron chi connectivity index (χ0n) is 8.50. The number of amides is 1. The van der Waals surface area contributed by atoms with Gasteiger partial charge in [0.05, 0.1) is 23.7 Å². The van der Waals surface area contributed by atoms with Gasteiger partial charge in [0.25, 0.3) is 5.91 Å². The molecule has 0 bridgehead atoms. The minimum atomic E-state index is -0.155. The molecule has 1 fully saturated rings. The zero-order valence-corrected chi connectivity index (χ0v) is 9.25. The second-order valence-electron chi connectivity index (χ2n) is 3.58. The van der Waals surface area contributed by atoms with Gasteiger partial charge in [-0.2, -0.15) is 0 Å². The van der Waals surface area contributed by atoms with E-state index in [0.717, 1.165) is 12.0 Å². The molecule has 1 heterocycles. The minimum absolute atomic E-state index is 0.155. The number of hydroxylamine groups is 2. The van der Waals surface area contributed by atoms with Crippen LogP contribution in [0.2, 0.25) is 5.02 Å². The highest BCUT2D eigenvalue weighted by Gasteiger charge is 2.22. The molecule has 3 nitrogen and oxygen atoms in total. The molecule has 80 valence electrons. The third-order valence-electron chi connectivity index (χ3n) is 2.33. The number of benzene rings is 1. The number of aryl methyl sites for hydroxylation is 1. The van der Waals surface area contributed by atoms with Crippen molar-refractivity contribution in [1.82, 2.24) is 5.06 Å². The summed E-state index contributed by atoms with van der Waals surface area (Å²) in [4.78, 5) is 17.1. The molecule has 1 saturated heterocycles. The van der Waals surface area contributed by atoms with E-state index in [9.17, 15) is 4.79 Å². The van der Waals surface area contributed by atoms with E-state index >= 15 is 0 Å². The topological polar surface area (TPSA) is 29.5 Å². The fraction of sp³-hybridized carbons (Fsp3) is 0.364. The first-order valence-corrected chi connectivity index (χ1v) is 5.27. The molecule has 0 aliphatic carbocycles. The third kappa shape index (κ3) is 2.13. The quantitative estimate of drug-likeness (QED) is 0.735. The number of carbonyl (C=O) groups excluding carboxylic acids is 1.